The standard InChI is InChI=1S/C19H28FN3O5S/c1-14(19(25)21-11-17-5-4-10-28-17)23(12-15-6-8-16(20)9-7-15)18(24)13-22(2)29(3,26)27/h6-9,14,17H,4-5,10-13H2,1-3H3,(H,21,25)/t14-,17-/m1/s1. The van der Waals surface area contributed by atoms with Gasteiger partial charge in [-0.05, 0) is 37.5 Å². The van der Waals surface area contributed by atoms with Crippen LogP contribution < -0.4 is 5.32 Å². The summed E-state index contributed by atoms with van der Waals surface area (Å²) in [5.74, 6) is -1.30. The molecule has 0 aromatic heterocycles. The van der Waals surface area contributed by atoms with Gasteiger partial charge in [-0.2, -0.15) is 4.31 Å². The Morgan fingerprint density at radius 1 is 1.31 bits per heavy atom. The number of nitrogens with one attached hydrogen (secondary N) is 1. The van der Waals surface area contributed by atoms with Crippen molar-refractivity contribution >= 4 is 21.8 Å². The van der Waals surface area contributed by atoms with Crippen LogP contribution in [0.2, 0.25) is 0 Å². The Labute approximate surface area is 171 Å². The highest BCUT2D eigenvalue weighted by Gasteiger charge is 2.29. The number of likely N-dealkylation sites (N-methyl/N-ethyl adjacent to an activating group) is 1. The third-order valence-corrected chi connectivity index (χ3v) is 6.15. The second kappa shape index (κ2) is 10.1. The van der Waals surface area contributed by atoms with Crippen molar-refractivity contribution in [1.82, 2.24) is 14.5 Å². The highest BCUT2D eigenvalue weighted by molar-refractivity contribution is 7.88. The van der Waals surface area contributed by atoms with Crippen LogP contribution in [-0.4, -0.2) is 74.6 Å². The third-order valence-electron chi connectivity index (χ3n) is 4.89. The summed E-state index contributed by atoms with van der Waals surface area (Å²) in [5.41, 5.74) is 0.625. The number of nitrogens with zero attached hydrogens (tertiary/aromatic N) is 2. The number of ether oxygens (including phenoxy) is 1. The van der Waals surface area contributed by atoms with E-state index in [2.05, 4.69) is 5.32 Å². The zero-order chi connectivity index (χ0) is 21.6. The number of carbonyl (C=O) groups excluding carboxylic acids is 2. The maximum Gasteiger partial charge on any atom is 0.242 e. The summed E-state index contributed by atoms with van der Waals surface area (Å²) < 4.78 is 42.9. The first kappa shape index (κ1) is 23.2. The molecule has 162 valence electrons. The van der Waals surface area contributed by atoms with Crippen molar-refractivity contribution in [2.24, 2.45) is 0 Å². The van der Waals surface area contributed by atoms with Gasteiger partial charge in [-0.1, -0.05) is 12.1 Å². The molecule has 0 spiro atoms. The number of hydrogen-bond donors (Lipinski definition) is 1. The van der Waals surface area contributed by atoms with Gasteiger partial charge in [-0.15, -0.1) is 0 Å². The highest BCUT2D eigenvalue weighted by Crippen LogP contribution is 2.13. The number of carbonyl (C=O) groups is 2. The van der Waals surface area contributed by atoms with Gasteiger partial charge in [-0.25, -0.2) is 12.8 Å². The monoisotopic (exact) mass is 429 g/mol. The second-order valence-corrected chi connectivity index (χ2v) is 9.31. The summed E-state index contributed by atoms with van der Waals surface area (Å²) in [6, 6.07) is 4.73. The van der Waals surface area contributed by atoms with Gasteiger partial charge in [0.25, 0.3) is 0 Å². The predicted molar refractivity (Wildman–Crippen MR) is 106 cm³/mol. The quantitative estimate of drug-likeness (QED) is 0.624. The van der Waals surface area contributed by atoms with Gasteiger partial charge < -0.3 is 15.0 Å². The molecule has 2 amide bonds. The molecule has 1 N–H and O–H groups in total. The van der Waals surface area contributed by atoms with Crippen LogP contribution in [0.4, 0.5) is 4.39 Å². The number of sulfonamides is 1. The van der Waals surface area contributed by atoms with E-state index in [0.29, 0.717) is 18.7 Å². The topological polar surface area (TPSA) is 96.0 Å². The lowest BCUT2D eigenvalue weighted by Gasteiger charge is -2.30. The molecule has 1 fully saturated rings. The average Bonchev–Trinajstić information content (AvgIpc) is 3.17. The molecular formula is C19H28FN3O5S. The first-order valence-electron chi connectivity index (χ1n) is 9.42. The molecule has 0 unspecified atom stereocenters. The fraction of sp³-hybridized carbons (Fsp3) is 0.579. The average molecular weight is 430 g/mol. The van der Waals surface area contributed by atoms with Crippen molar-refractivity contribution in [2.75, 3.05) is 33.0 Å². The minimum absolute atomic E-state index is 0.0382. The molecule has 0 radical (unpaired) electrons. The molecule has 0 saturated carbocycles. The molecule has 1 heterocycles. The van der Waals surface area contributed by atoms with E-state index in [4.69, 9.17) is 4.74 Å². The van der Waals surface area contributed by atoms with Crippen LogP contribution in [0.5, 0.6) is 0 Å². The zero-order valence-electron chi connectivity index (χ0n) is 16.9. The van der Waals surface area contributed by atoms with E-state index in [9.17, 15) is 22.4 Å². The molecule has 8 nitrogen and oxygen atoms in total. The van der Waals surface area contributed by atoms with Crippen LogP contribution >= 0.6 is 0 Å². The first-order valence-corrected chi connectivity index (χ1v) is 11.3. The smallest absolute Gasteiger partial charge is 0.242 e. The lowest BCUT2D eigenvalue weighted by atomic mass is 10.1. The van der Waals surface area contributed by atoms with Gasteiger partial charge in [0.15, 0.2) is 0 Å². The molecule has 1 aliphatic heterocycles. The first-order chi connectivity index (χ1) is 13.6. The fourth-order valence-electron chi connectivity index (χ4n) is 2.94. The Bertz CT molecular complexity index is 810. The molecule has 1 saturated heterocycles. The Morgan fingerprint density at radius 2 is 1.97 bits per heavy atom. The van der Waals surface area contributed by atoms with E-state index in [1.807, 2.05) is 0 Å². The van der Waals surface area contributed by atoms with Crippen LogP contribution in [0.15, 0.2) is 24.3 Å². The Balaban J connectivity index is 2.11. The minimum atomic E-state index is -3.56. The van der Waals surface area contributed by atoms with Crippen molar-refractivity contribution in [3.63, 3.8) is 0 Å². The van der Waals surface area contributed by atoms with E-state index >= 15 is 0 Å². The fourth-order valence-corrected chi connectivity index (χ4v) is 3.28. The van der Waals surface area contributed by atoms with Gasteiger partial charge in [-0.3, -0.25) is 9.59 Å². The van der Waals surface area contributed by atoms with Gasteiger partial charge in [0, 0.05) is 26.7 Å². The van der Waals surface area contributed by atoms with E-state index in [1.54, 1.807) is 6.92 Å². The number of hydrogen-bond acceptors (Lipinski definition) is 5. The normalized spacial score (nSPS) is 17.9. The molecule has 2 rings (SSSR count). The van der Waals surface area contributed by atoms with Crippen molar-refractivity contribution in [1.29, 1.82) is 0 Å². The maximum atomic E-state index is 13.2. The van der Waals surface area contributed by atoms with Crippen molar-refractivity contribution < 1.29 is 27.1 Å². The van der Waals surface area contributed by atoms with Gasteiger partial charge in [0.2, 0.25) is 21.8 Å². The lowest BCUT2D eigenvalue weighted by Crippen LogP contribution is -2.51. The molecule has 1 aliphatic rings. The summed E-state index contributed by atoms with van der Waals surface area (Å²) in [7, 11) is -2.26. The van der Waals surface area contributed by atoms with Gasteiger partial charge in [0.05, 0.1) is 18.9 Å². The summed E-state index contributed by atoms with van der Waals surface area (Å²) in [5, 5.41) is 2.79. The SMILES string of the molecule is C[C@H](C(=O)NC[C@H]1CCCO1)N(Cc1ccc(F)cc1)C(=O)CN(C)S(C)(=O)=O. The Morgan fingerprint density at radius 3 is 2.52 bits per heavy atom. The van der Waals surface area contributed by atoms with Crippen molar-refractivity contribution in [3.8, 4) is 0 Å². The number of halogens is 1. The summed E-state index contributed by atoms with van der Waals surface area (Å²) in [6.07, 6.45) is 2.78. The number of amides is 2. The molecule has 29 heavy (non-hydrogen) atoms. The summed E-state index contributed by atoms with van der Waals surface area (Å²) in [4.78, 5) is 26.7. The van der Waals surface area contributed by atoms with Crippen molar-refractivity contribution in [2.45, 2.75) is 38.5 Å². The maximum absolute atomic E-state index is 13.2. The Kier molecular flexibility index (Phi) is 8.12. The van der Waals surface area contributed by atoms with Crippen LogP contribution in [0.25, 0.3) is 0 Å². The second-order valence-electron chi connectivity index (χ2n) is 7.22. The molecule has 2 atom stereocenters. The molecule has 10 heteroatoms. The zero-order valence-corrected chi connectivity index (χ0v) is 17.7. The number of benzene rings is 1. The largest absolute Gasteiger partial charge is 0.376 e. The van der Waals surface area contributed by atoms with Gasteiger partial charge >= 0.3 is 0 Å². The van der Waals surface area contributed by atoms with Crippen LogP contribution in [0, 0.1) is 5.82 Å². The summed E-state index contributed by atoms with van der Waals surface area (Å²) in [6.45, 7) is 2.25. The van der Waals surface area contributed by atoms with E-state index in [1.165, 1.54) is 36.2 Å². The highest BCUT2D eigenvalue weighted by atomic mass is 32.2. The lowest BCUT2D eigenvalue weighted by molar-refractivity contribution is -0.140. The molecule has 0 bridgehead atoms. The van der Waals surface area contributed by atoms with E-state index in [-0.39, 0.29) is 18.6 Å². The molecule has 1 aromatic rings. The molecular weight excluding hydrogens is 401 g/mol. The van der Waals surface area contributed by atoms with E-state index in [0.717, 1.165) is 23.4 Å². The molecule has 1 aromatic carbocycles. The van der Waals surface area contributed by atoms with Crippen LogP contribution in [0.1, 0.15) is 25.3 Å². The number of rotatable bonds is 9. The van der Waals surface area contributed by atoms with E-state index < -0.39 is 34.3 Å². The summed E-state index contributed by atoms with van der Waals surface area (Å²) >= 11 is 0. The van der Waals surface area contributed by atoms with Crippen molar-refractivity contribution in [3.05, 3.63) is 35.6 Å². The van der Waals surface area contributed by atoms with Crippen LogP contribution in [-0.2, 0) is 30.9 Å². The van der Waals surface area contributed by atoms with Gasteiger partial charge in [0.1, 0.15) is 11.9 Å². The molecule has 0 aliphatic carbocycles. The predicted octanol–water partition coefficient (Wildman–Crippen LogP) is 0.729. The minimum Gasteiger partial charge on any atom is -0.376 e. The van der Waals surface area contributed by atoms with Crippen LogP contribution in [0.3, 0.4) is 0 Å². The Hall–Kier alpha value is -2.04. The third kappa shape index (κ3) is 7.06.